The van der Waals surface area contributed by atoms with E-state index in [4.69, 9.17) is 0 Å². The van der Waals surface area contributed by atoms with E-state index in [0.717, 1.165) is 31.5 Å². The van der Waals surface area contributed by atoms with Gasteiger partial charge in [0.05, 0.1) is 6.10 Å². The average molecular weight is 267 g/mol. The number of para-hydroxylation sites is 1. The van der Waals surface area contributed by atoms with Crippen LogP contribution >= 0.6 is 0 Å². The Kier molecular flexibility index (Phi) is 3.75. The highest BCUT2D eigenvalue weighted by molar-refractivity contribution is 5.57. The second kappa shape index (κ2) is 5.68. The maximum atomic E-state index is 10.3. The number of rotatable bonds is 4. The first kappa shape index (κ1) is 13.2. The Morgan fingerprint density at radius 2 is 1.85 bits per heavy atom. The number of nitrogens with zero attached hydrogens (tertiary/aromatic N) is 1. The van der Waals surface area contributed by atoms with Gasteiger partial charge in [0.25, 0.3) is 0 Å². The van der Waals surface area contributed by atoms with E-state index in [-0.39, 0.29) is 6.10 Å². The number of aliphatic hydroxyl groups excluding tert-OH is 1. The van der Waals surface area contributed by atoms with Gasteiger partial charge < -0.3 is 10.0 Å². The number of benzene rings is 2. The van der Waals surface area contributed by atoms with Gasteiger partial charge in [-0.1, -0.05) is 48.0 Å². The number of aryl methyl sites for hydroxylation is 1. The minimum absolute atomic E-state index is 0.372. The van der Waals surface area contributed by atoms with E-state index in [0.29, 0.717) is 0 Å². The van der Waals surface area contributed by atoms with Crippen LogP contribution in [0.15, 0.2) is 48.5 Å². The third-order valence-electron chi connectivity index (χ3n) is 4.12. The van der Waals surface area contributed by atoms with Gasteiger partial charge in [0.2, 0.25) is 0 Å². The molecular formula is C18H21NO. The zero-order valence-electron chi connectivity index (χ0n) is 11.9. The van der Waals surface area contributed by atoms with Crippen LogP contribution in [0.1, 0.15) is 29.2 Å². The van der Waals surface area contributed by atoms with Crippen LogP contribution in [0.25, 0.3) is 0 Å². The van der Waals surface area contributed by atoms with Gasteiger partial charge in [-0.05, 0) is 37.0 Å². The highest BCUT2D eigenvalue weighted by Crippen LogP contribution is 2.28. The SMILES string of the molecule is Cc1ccc(C(O)CCN2CCc3ccccc32)cc1. The lowest BCUT2D eigenvalue weighted by atomic mass is 10.0. The topological polar surface area (TPSA) is 23.5 Å². The van der Waals surface area contributed by atoms with Crippen molar-refractivity contribution in [1.82, 2.24) is 0 Å². The second-order valence-corrected chi connectivity index (χ2v) is 5.58. The number of fused-ring (bicyclic) bond motifs is 1. The van der Waals surface area contributed by atoms with Crippen LogP contribution in [0.4, 0.5) is 5.69 Å². The van der Waals surface area contributed by atoms with Crippen LogP contribution in [0.2, 0.25) is 0 Å². The average Bonchev–Trinajstić information content (AvgIpc) is 2.89. The van der Waals surface area contributed by atoms with Crippen molar-refractivity contribution >= 4 is 5.69 Å². The molecule has 0 aromatic heterocycles. The van der Waals surface area contributed by atoms with Crippen molar-refractivity contribution in [2.45, 2.75) is 25.9 Å². The summed E-state index contributed by atoms with van der Waals surface area (Å²) in [4.78, 5) is 2.38. The molecule has 0 amide bonds. The Balaban J connectivity index is 1.62. The lowest BCUT2D eigenvalue weighted by Gasteiger charge is -2.21. The van der Waals surface area contributed by atoms with Gasteiger partial charge in [-0.2, -0.15) is 0 Å². The standard InChI is InChI=1S/C18H21NO/c1-14-6-8-16(9-7-14)18(20)11-13-19-12-10-15-4-2-3-5-17(15)19/h2-9,18,20H,10-13H2,1H3. The summed E-state index contributed by atoms with van der Waals surface area (Å²) in [6.45, 7) is 4.04. The van der Waals surface area contributed by atoms with E-state index in [1.807, 2.05) is 12.1 Å². The van der Waals surface area contributed by atoms with Gasteiger partial charge in [-0.25, -0.2) is 0 Å². The molecule has 1 atom stereocenters. The molecule has 1 unspecified atom stereocenters. The van der Waals surface area contributed by atoms with E-state index in [1.54, 1.807) is 0 Å². The summed E-state index contributed by atoms with van der Waals surface area (Å²) in [6, 6.07) is 16.7. The summed E-state index contributed by atoms with van der Waals surface area (Å²) in [5.74, 6) is 0. The molecule has 1 aliphatic rings. The number of hydrogen-bond donors (Lipinski definition) is 1. The molecule has 0 spiro atoms. The van der Waals surface area contributed by atoms with Crippen LogP contribution in [0.3, 0.4) is 0 Å². The van der Waals surface area contributed by atoms with Crippen LogP contribution in [-0.4, -0.2) is 18.2 Å². The van der Waals surface area contributed by atoms with Gasteiger partial charge in [0.15, 0.2) is 0 Å². The minimum atomic E-state index is -0.372. The Bertz CT molecular complexity index is 576. The highest BCUT2D eigenvalue weighted by atomic mass is 16.3. The molecular weight excluding hydrogens is 246 g/mol. The summed E-state index contributed by atoms with van der Waals surface area (Å²) in [5, 5.41) is 10.3. The van der Waals surface area contributed by atoms with Crippen molar-refractivity contribution in [2.75, 3.05) is 18.0 Å². The van der Waals surface area contributed by atoms with Gasteiger partial charge in [0, 0.05) is 18.8 Å². The fraction of sp³-hybridized carbons (Fsp3) is 0.333. The predicted molar refractivity (Wildman–Crippen MR) is 83.1 cm³/mol. The van der Waals surface area contributed by atoms with E-state index in [2.05, 4.69) is 48.2 Å². The first-order valence-electron chi connectivity index (χ1n) is 7.31. The molecule has 1 heterocycles. The lowest BCUT2D eigenvalue weighted by molar-refractivity contribution is 0.169. The summed E-state index contributed by atoms with van der Waals surface area (Å²) in [7, 11) is 0. The molecule has 0 aliphatic carbocycles. The first-order valence-corrected chi connectivity index (χ1v) is 7.31. The van der Waals surface area contributed by atoms with Gasteiger partial charge in [-0.3, -0.25) is 0 Å². The lowest BCUT2D eigenvalue weighted by Crippen LogP contribution is -2.23. The Hall–Kier alpha value is -1.80. The normalized spacial score (nSPS) is 15.2. The monoisotopic (exact) mass is 267 g/mol. The molecule has 104 valence electrons. The van der Waals surface area contributed by atoms with Crippen molar-refractivity contribution in [3.05, 3.63) is 65.2 Å². The molecule has 2 aromatic carbocycles. The van der Waals surface area contributed by atoms with Crippen molar-refractivity contribution in [3.8, 4) is 0 Å². The first-order chi connectivity index (χ1) is 9.74. The fourth-order valence-corrected chi connectivity index (χ4v) is 2.87. The summed E-state index contributed by atoms with van der Waals surface area (Å²) < 4.78 is 0. The predicted octanol–water partition coefficient (Wildman–Crippen LogP) is 3.48. The molecule has 0 saturated carbocycles. The number of hydrogen-bond acceptors (Lipinski definition) is 2. The molecule has 1 aliphatic heterocycles. The van der Waals surface area contributed by atoms with Crippen LogP contribution < -0.4 is 4.90 Å². The smallest absolute Gasteiger partial charge is 0.0806 e. The van der Waals surface area contributed by atoms with Gasteiger partial charge >= 0.3 is 0 Å². The molecule has 20 heavy (non-hydrogen) atoms. The van der Waals surface area contributed by atoms with Crippen molar-refractivity contribution in [1.29, 1.82) is 0 Å². The quantitative estimate of drug-likeness (QED) is 0.916. The van der Waals surface area contributed by atoms with Gasteiger partial charge in [-0.15, -0.1) is 0 Å². The maximum absolute atomic E-state index is 10.3. The summed E-state index contributed by atoms with van der Waals surface area (Å²) in [6.07, 6.45) is 1.53. The molecule has 3 rings (SSSR count). The van der Waals surface area contributed by atoms with E-state index < -0.39 is 0 Å². The maximum Gasteiger partial charge on any atom is 0.0806 e. The largest absolute Gasteiger partial charge is 0.388 e. The van der Waals surface area contributed by atoms with Crippen LogP contribution in [-0.2, 0) is 6.42 Å². The van der Waals surface area contributed by atoms with Crippen molar-refractivity contribution in [3.63, 3.8) is 0 Å². The third-order valence-corrected chi connectivity index (χ3v) is 4.12. The van der Waals surface area contributed by atoms with Crippen LogP contribution in [0, 0.1) is 6.92 Å². The molecule has 2 aromatic rings. The second-order valence-electron chi connectivity index (χ2n) is 5.58. The zero-order valence-corrected chi connectivity index (χ0v) is 11.9. The molecule has 2 heteroatoms. The summed E-state index contributed by atoms with van der Waals surface area (Å²) in [5.41, 5.74) is 5.01. The molecule has 0 saturated heterocycles. The van der Waals surface area contributed by atoms with Gasteiger partial charge in [0.1, 0.15) is 0 Å². The van der Waals surface area contributed by atoms with Crippen molar-refractivity contribution in [2.24, 2.45) is 0 Å². The highest BCUT2D eigenvalue weighted by Gasteiger charge is 2.19. The van der Waals surface area contributed by atoms with E-state index >= 15 is 0 Å². The summed E-state index contributed by atoms with van der Waals surface area (Å²) >= 11 is 0. The Labute approximate surface area is 120 Å². The molecule has 0 fully saturated rings. The molecule has 1 N–H and O–H groups in total. The molecule has 0 bridgehead atoms. The molecule has 0 radical (unpaired) electrons. The van der Waals surface area contributed by atoms with Crippen LogP contribution in [0.5, 0.6) is 0 Å². The number of anilines is 1. The fourth-order valence-electron chi connectivity index (χ4n) is 2.87. The number of aliphatic hydroxyl groups is 1. The minimum Gasteiger partial charge on any atom is -0.388 e. The van der Waals surface area contributed by atoms with E-state index in [9.17, 15) is 5.11 Å². The zero-order chi connectivity index (χ0) is 13.9. The Morgan fingerprint density at radius 3 is 2.65 bits per heavy atom. The third kappa shape index (κ3) is 2.70. The van der Waals surface area contributed by atoms with E-state index in [1.165, 1.54) is 16.8 Å². The molecule has 2 nitrogen and oxygen atoms in total. The Morgan fingerprint density at radius 1 is 1.10 bits per heavy atom. The van der Waals surface area contributed by atoms with Crippen molar-refractivity contribution < 1.29 is 5.11 Å².